The molecule has 2 nitrogen and oxygen atoms in total. The Labute approximate surface area is 114 Å². The summed E-state index contributed by atoms with van der Waals surface area (Å²) in [6.45, 7) is 8.84. The number of benzene rings is 1. The van der Waals surface area contributed by atoms with Crippen LogP contribution in [0.5, 0.6) is 5.75 Å². The SMILES string of the molecule is CC(C)COc1ccc(Cl)c(C(=O)CC(C)C)c1. The van der Waals surface area contributed by atoms with E-state index in [9.17, 15) is 4.79 Å². The zero-order valence-electron chi connectivity index (χ0n) is 11.5. The van der Waals surface area contributed by atoms with Crippen molar-refractivity contribution in [3.8, 4) is 5.75 Å². The van der Waals surface area contributed by atoms with E-state index < -0.39 is 0 Å². The third-order valence-corrected chi connectivity index (χ3v) is 2.74. The molecule has 0 atom stereocenters. The van der Waals surface area contributed by atoms with Crippen LogP contribution in [-0.2, 0) is 0 Å². The number of carbonyl (C=O) groups excluding carboxylic acids is 1. The molecule has 0 spiro atoms. The molecule has 0 heterocycles. The van der Waals surface area contributed by atoms with E-state index >= 15 is 0 Å². The summed E-state index contributed by atoms with van der Waals surface area (Å²) in [7, 11) is 0. The highest BCUT2D eigenvalue weighted by Crippen LogP contribution is 2.24. The highest BCUT2D eigenvalue weighted by atomic mass is 35.5. The Kier molecular flexibility index (Phi) is 5.67. The van der Waals surface area contributed by atoms with Crippen molar-refractivity contribution in [3.05, 3.63) is 28.8 Å². The first kappa shape index (κ1) is 15.0. The molecule has 0 radical (unpaired) electrons. The van der Waals surface area contributed by atoms with E-state index in [1.807, 2.05) is 13.8 Å². The number of ether oxygens (including phenoxy) is 1. The van der Waals surface area contributed by atoms with Gasteiger partial charge in [-0.2, -0.15) is 0 Å². The van der Waals surface area contributed by atoms with E-state index in [4.69, 9.17) is 16.3 Å². The molecule has 0 saturated carbocycles. The summed E-state index contributed by atoms with van der Waals surface area (Å²) in [6.07, 6.45) is 0.507. The zero-order valence-corrected chi connectivity index (χ0v) is 12.3. The predicted molar refractivity (Wildman–Crippen MR) is 75.6 cm³/mol. The Bertz CT molecular complexity index is 411. The minimum absolute atomic E-state index is 0.0741. The normalized spacial score (nSPS) is 11.1. The Morgan fingerprint density at radius 3 is 2.44 bits per heavy atom. The maximum Gasteiger partial charge on any atom is 0.164 e. The lowest BCUT2D eigenvalue weighted by Gasteiger charge is -2.11. The maximum atomic E-state index is 12.0. The number of carbonyl (C=O) groups is 1. The molecule has 0 saturated heterocycles. The largest absolute Gasteiger partial charge is 0.493 e. The average molecular weight is 269 g/mol. The second-order valence-corrected chi connectivity index (χ2v) is 5.77. The lowest BCUT2D eigenvalue weighted by Crippen LogP contribution is -2.07. The Balaban J connectivity index is 2.84. The summed E-state index contributed by atoms with van der Waals surface area (Å²) < 4.78 is 5.61. The van der Waals surface area contributed by atoms with Crippen LogP contribution in [0.4, 0.5) is 0 Å². The molecule has 0 aliphatic rings. The van der Waals surface area contributed by atoms with Gasteiger partial charge in [-0.1, -0.05) is 39.3 Å². The molecule has 100 valence electrons. The molecule has 0 N–H and O–H groups in total. The van der Waals surface area contributed by atoms with E-state index in [0.717, 1.165) is 0 Å². The van der Waals surface area contributed by atoms with Crippen LogP contribution in [0.3, 0.4) is 0 Å². The molecule has 1 aromatic rings. The van der Waals surface area contributed by atoms with Crippen LogP contribution >= 0.6 is 11.6 Å². The van der Waals surface area contributed by atoms with Crippen molar-refractivity contribution in [2.24, 2.45) is 11.8 Å². The highest BCUT2D eigenvalue weighted by molar-refractivity contribution is 6.34. The fourth-order valence-electron chi connectivity index (χ4n) is 1.55. The van der Waals surface area contributed by atoms with Crippen molar-refractivity contribution in [1.29, 1.82) is 0 Å². The number of rotatable bonds is 6. The average Bonchev–Trinajstić information content (AvgIpc) is 2.26. The molecule has 0 fully saturated rings. The summed E-state index contributed by atoms with van der Waals surface area (Å²) >= 11 is 6.06. The third-order valence-electron chi connectivity index (χ3n) is 2.42. The number of hydrogen-bond acceptors (Lipinski definition) is 2. The molecular formula is C15H21ClO2. The lowest BCUT2D eigenvalue weighted by atomic mass is 10.0. The van der Waals surface area contributed by atoms with Gasteiger partial charge in [0.2, 0.25) is 0 Å². The molecule has 3 heteroatoms. The number of hydrogen-bond donors (Lipinski definition) is 0. The van der Waals surface area contributed by atoms with Crippen molar-refractivity contribution in [2.45, 2.75) is 34.1 Å². The van der Waals surface area contributed by atoms with Gasteiger partial charge in [-0.15, -0.1) is 0 Å². The zero-order chi connectivity index (χ0) is 13.7. The molecule has 1 rings (SSSR count). The van der Waals surface area contributed by atoms with Gasteiger partial charge in [0, 0.05) is 12.0 Å². The molecule has 0 unspecified atom stereocenters. The third kappa shape index (κ3) is 4.69. The number of ketones is 1. The van der Waals surface area contributed by atoms with Gasteiger partial charge in [0.15, 0.2) is 5.78 Å². The van der Waals surface area contributed by atoms with Crippen LogP contribution in [0, 0.1) is 11.8 Å². The van der Waals surface area contributed by atoms with E-state index in [1.54, 1.807) is 18.2 Å². The quantitative estimate of drug-likeness (QED) is 0.705. The van der Waals surface area contributed by atoms with E-state index in [-0.39, 0.29) is 5.78 Å². The fraction of sp³-hybridized carbons (Fsp3) is 0.533. The van der Waals surface area contributed by atoms with Crippen molar-refractivity contribution in [2.75, 3.05) is 6.61 Å². The summed E-state index contributed by atoms with van der Waals surface area (Å²) in [5.41, 5.74) is 0.562. The van der Waals surface area contributed by atoms with Crippen LogP contribution < -0.4 is 4.74 Å². The molecule has 0 aromatic heterocycles. The molecular weight excluding hydrogens is 248 g/mol. The molecule has 0 aliphatic heterocycles. The van der Waals surface area contributed by atoms with Crippen molar-refractivity contribution >= 4 is 17.4 Å². The number of Topliss-reactive ketones (excluding diaryl/α,β-unsaturated/α-hetero) is 1. The van der Waals surface area contributed by atoms with Gasteiger partial charge >= 0.3 is 0 Å². The van der Waals surface area contributed by atoms with Crippen LogP contribution in [0.2, 0.25) is 5.02 Å². The maximum absolute atomic E-state index is 12.0. The Hall–Kier alpha value is -1.02. The molecule has 0 amide bonds. The first-order valence-corrected chi connectivity index (χ1v) is 6.73. The summed E-state index contributed by atoms with van der Waals surface area (Å²) in [6, 6.07) is 5.27. The van der Waals surface area contributed by atoms with Crippen LogP contribution in [0.25, 0.3) is 0 Å². The van der Waals surface area contributed by atoms with Gasteiger partial charge in [-0.25, -0.2) is 0 Å². The lowest BCUT2D eigenvalue weighted by molar-refractivity contribution is 0.0967. The van der Waals surface area contributed by atoms with E-state index in [2.05, 4.69) is 13.8 Å². The Morgan fingerprint density at radius 2 is 1.89 bits per heavy atom. The van der Waals surface area contributed by atoms with Gasteiger partial charge < -0.3 is 4.74 Å². The smallest absolute Gasteiger partial charge is 0.164 e. The monoisotopic (exact) mass is 268 g/mol. The molecule has 0 bridgehead atoms. The highest BCUT2D eigenvalue weighted by Gasteiger charge is 2.13. The summed E-state index contributed by atoms with van der Waals surface area (Å²) in [5.74, 6) is 1.56. The summed E-state index contributed by atoms with van der Waals surface area (Å²) in [5, 5.41) is 0.498. The van der Waals surface area contributed by atoms with Crippen molar-refractivity contribution in [3.63, 3.8) is 0 Å². The van der Waals surface area contributed by atoms with Crippen LogP contribution in [0.15, 0.2) is 18.2 Å². The van der Waals surface area contributed by atoms with Gasteiger partial charge in [0.25, 0.3) is 0 Å². The van der Waals surface area contributed by atoms with E-state index in [1.165, 1.54) is 0 Å². The standard InChI is InChI=1S/C15H21ClO2/c1-10(2)7-15(17)13-8-12(5-6-14(13)16)18-9-11(3)4/h5-6,8,10-11H,7,9H2,1-4H3. The summed E-state index contributed by atoms with van der Waals surface area (Å²) in [4.78, 5) is 12.0. The van der Waals surface area contributed by atoms with Crippen molar-refractivity contribution < 1.29 is 9.53 Å². The second-order valence-electron chi connectivity index (χ2n) is 5.37. The van der Waals surface area contributed by atoms with Crippen LogP contribution in [-0.4, -0.2) is 12.4 Å². The van der Waals surface area contributed by atoms with Crippen molar-refractivity contribution in [1.82, 2.24) is 0 Å². The number of halogens is 1. The first-order valence-electron chi connectivity index (χ1n) is 6.35. The first-order chi connectivity index (χ1) is 8.40. The van der Waals surface area contributed by atoms with E-state index in [0.29, 0.717) is 41.2 Å². The molecule has 1 aromatic carbocycles. The molecule has 0 aliphatic carbocycles. The second kappa shape index (κ2) is 6.79. The van der Waals surface area contributed by atoms with Gasteiger partial charge in [0.1, 0.15) is 5.75 Å². The van der Waals surface area contributed by atoms with Gasteiger partial charge in [-0.05, 0) is 30.0 Å². The minimum atomic E-state index is 0.0741. The van der Waals surface area contributed by atoms with Gasteiger partial charge in [-0.3, -0.25) is 4.79 Å². The molecule has 18 heavy (non-hydrogen) atoms. The topological polar surface area (TPSA) is 26.3 Å². The predicted octanol–water partition coefficient (Wildman–Crippen LogP) is 4.60. The van der Waals surface area contributed by atoms with Crippen LogP contribution in [0.1, 0.15) is 44.5 Å². The minimum Gasteiger partial charge on any atom is -0.493 e. The Morgan fingerprint density at radius 1 is 1.22 bits per heavy atom. The fourth-order valence-corrected chi connectivity index (χ4v) is 1.77. The van der Waals surface area contributed by atoms with Gasteiger partial charge in [0.05, 0.1) is 11.6 Å².